The summed E-state index contributed by atoms with van der Waals surface area (Å²) in [6.45, 7) is 3.61. The third-order valence-electron chi connectivity index (χ3n) is 2.33. The molecule has 1 aromatic rings. The van der Waals surface area contributed by atoms with Crippen LogP contribution in [-0.2, 0) is 4.79 Å². The zero-order valence-electron chi connectivity index (χ0n) is 9.79. The molecule has 2 amide bonds. The molecule has 0 aliphatic heterocycles. The zero-order chi connectivity index (χ0) is 13.0. The molecule has 92 valence electrons. The fourth-order valence-electron chi connectivity index (χ4n) is 1.49. The van der Waals surface area contributed by atoms with E-state index in [0.29, 0.717) is 5.56 Å². The molecule has 3 N–H and O–H groups in total. The Labute approximate surface area is 109 Å². The molecule has 0 radical (unpaired) electrons. The number of hydrogen-bond donors (Lipinski definition) is 2. The van der Waals surface area contributed by atoms with Crippen molar-refractivity contribution in [2.24, 2.45) is 5.73 Å². The van der Waals surface area contributed by atoms with E-state index in [0.717, 1.165) is 10.0 Å². The summed E-state index contributed by atoms with van der Waals surface area (Å²) >= 11 is 3.32. The lowest BCUT2D eigenvalue weighted by atomic mass is 10.1. The molecule has 0 saturated heterocycles. The zero-order valence-corrected chi connectivity index (χ0v) is 11.4. The van der Waals surface area contributed by atoms with Crippen molar-refractivity contribution in [3.05, 3.63) is 33.8 Å². The standard InChI is InChI=1S/C12H15BrN2O2/c1-7-3-4-9(13)6-10(7)12(17)15-8(2)5-11(14)16/h3-4,6,8H,5H2,1-2H3,(H2,14,16)(H,15,17). The molecule has 0 saturated carbocycles. The fraction of sp³-hybridized carbons (Fsp3) is 0.333. The second-order valence-corrected chi connectivity index (χ2v) is 4.92. The van der Waals surface area contributed by atoms with Gasteiger partial charge in [0.2, 0.25) is 5.91 Å². The van der Waals surface area contributed by atoms with Gasteiger partial charge in [-0.3, -0.25) is 9.59 Å². The van der Waals surface area contributed by atoms with E-state index in [2.05, 4.69) is 21.2 Å². The van der Waals surface area contributed by atoms with Gasteiger partial charge >= 0.3 is 0 Å². The number of amides is 2. The molecule has 1 rings (SSSR count). The van der Waals surface area contributed by atoms with E-state index in [4.69, 9.17) is 5.73 Å². The van der Waals surface area contributed by atoms with Crippen molar-refractivity contribution in [3.8, 4) is 0 Å². The van der Waals surface area contributed by atoms with E-state index >= 15 is 0 Å². The smallest absolute Gasteiger partial charge is 0.251 e. The van der Waals surface area contributed by atoms with Crippen molar-refractivity contribution in [1.29, 1.82) is 0 Å². The predicted molar refractivity (Wildman–Crippen MR) is 69.6 cm³/mol. The highest BCUT2D eigenvalue weighted by atomic mass is 79.9. The predicted octanol–water partition coefficient (Wildman–Crippen LogP) is 1.75. The van der Waals surface area contributed by atoms with Crippen LogP contribution in [0.4, 0.5) is 0 Å². The number of nitrogens with one attached hydrogen (secondary N) is 1. The maximum atomic E-state index is 11.9. The Balaban J connectivity index is 2.76. The molecule has 0 aromatic heterocycles. The van der Waals surface area contributed by atoms with Gasteiger partial charge in [-0.25, -0.2) is 0 Å². The van der Waals surface area contributed by atoms with Crippen molar-refractivity contribution in [2.45, 2.75) is 26.3 Å². The van der Waals surface area contributed by atoms with Crippen molar-refractivity contribution in [1.82, 2.24) is 5.32 Å². The van der Waals surface area contributed by atoms with Crippen LogP contribution < -0.4 is 11.1 Å². The number of primary amides is 1. The summed E-state index contributed by atoms with van der Waals surface area (Å²) in [5, 5.41) is 2.73. The molecule has 5 heteroatoms. The third-order valence-corrected chi connectivity index (χ3v) is 2.82. The second-order valence-electron chi connectivity index (χ2n) is 4.00. The van der Waals surface area contributed by atoms with E-state index in [1.807, 2.05) is 19.1 Å². The van der Waals surface area contributed by atoms with Gasteiger partial charge in [0, 0.05) is 22.5 Å². The highest BCUT2D eigenvalue weighted by molar-refractivity contribution is 9.10. The first-order chi connectivity index (χ1) is 7.90. The molecule has 1 aromatic carbocycles. The number of rotatable bonds is 4. The normalized spacial score (nSPS) is 11.9. The number of benzene rings is 1. The van der Waals surface area contributed by atoms with E-state index in [9.17, 15) is 9.59 Å². The maximum Gasteiger partial charge on any atom is 0.251 e. The quantitative estimate of drug-likeness (QED) is 0.889. The highest BCUT2D eigenvalue weighted by Gasteiger charge is 2.13. The number of carbonyl (C=O) groups is 2. The number of carbonyl (C=O) groups excluding carboxylic acids is 2. The SMILES string of the molecule is Cc1ccc(Br)cc1C(=O)NC(C)CC(N)=O. The van der Waals surface area contributed by atoms with Gasteiger partial charge in [0.25, 0.3) is 5.91 Å². The largest absolute Gasteiger partial charge is 0.370 e. The Morgan fingerprint density at radius 1 is 1.47 bits per heavy atom. The van der Waals surface area contributed by atoms with Crippen molar-refractivity contribution < 1.29 is 9.59 Å². The maximum absolute atomic E-state index is 11.9. The van der Waals surface area contributed by atoms with Crippen LogP contribution in [0.1, 0.15) is 29.3 Å². The fourth-order valence-corrected chi connectivity index (χ4v) is 1.85. The minimum atomic E-state index is -0.427. The molecular formula is C12H15BrN2O2. The minimum absolute atomic E-state index is 0.138. The lowest BCUT2D eigenvalue weighted by molar-refractivity contribution is -0.118. The summed E-state index contributed by atoms with van der Waals surface area (Å²) < 4.78 is 0.843. The molecule has 0 spiro atoms. The highest BCUT2D eigenvalue weighted by Crippen LogP contribution is 2.16. The van der Waals surface area contributed by atoms with Crippen LogP contribution in [-0.4, -0.2) is 17.9 Å². The van der Waals surface area contributed by atoms with Crippen molar-refractivity contribution in [2.75, 3.05) is 0 Å². The second kappa shape index (κ2) is 5.82. The van der Waals surface area contributed by atoms with Crippen LogP contribution >= 0.6 is 15.9 Å². The van der Waals surface area contributed by atoms with Gasteiger partial charge < -0.3 is 11.1 Å². The van der Waals surface area contributed by atoms with Gasteiger partial charge in [0.1, 0.15) is 0 Å². The number of nitrogens with two attached hydrogens (primary N) is 1. The van der Waals surface area contributed by atoms with Gasteiger partial charge in [-0.05, 0) is 31.5 Å². The van der Waals surface area contributed by atoms with E-state index in [1.165, 1.54) is 0 Å². The lowest BCUT2D eigenvalue weighted by Crippen LogP contribution is -2.36. The monoisotopic (exact) mass is 298 g/mol. The molecule has 0 aliphatic rings. The first-order valence-corrected chi connectivity index (χ1v) is 6.04. The van der Waals surface area contributed by atoms with Crippen molar-refractivity contribution in [3.63, 3.8) is 0 Å². The van der Waals surface area contributed by atoms with Gasteiger partial charge in [0.15, 0.2) is 0 Å². The summed E-state index contributed by atoms with van der Waals surface area (Å²) in [5.41, 5.74) is 6.54. The van der Waals surface area contributed by atoms with Crippen LogP contribution in [0, 0.1) is 6.92 Å². The molecular weight excluding hydrogens is 284 g/mol. The summed E-state index contributed by atoms with van der Waals surface area (Å²) in [6, 6.07) is 5.22. The Kier molecular flexibility index (Phi) is 4.69. The summed E-state index contributed by atoms with van der Waals surface area (Å²) in [4.78, 5) is 22.6. The first-order valence-electron chi connectivity index (χ1n) is 5.25. The minimum Gasteiger partial charge on any atom is -0.370 e. The summed E-state index contributed by atoms with van der Waals surface area (Å²) in [6.07, 6.45) is 0.138. The third kappa shape index (κ3) is 4.19. The number of halogens is 1. The average molecular weight is 299 g/mol. The molecule has 1 unspecified atom stereocenters. The molecule has 0 fully saturated rings. The molecule has 1 atom stereocenters. The van der Waals surface area contributed by atoms with Crippen LogP contribution in [0.15, 0.2) is 22.7 Å². The Hall–Kier alpha value is -1.36. The van der Waals surface area contributed by atoms with Gasteiger partial charge in [-0.15, -0.1) is 0 Å². The van der Waals surface area contributed by atoms with Gasteiger partial charge in [0.05, 0.1) is 0 Å². The van der Waals surface area contributed by atoms with E-state index in [1.54, 1.807) is 13.0 Å². The van der Waals surface area contributed by atoms with Crippen LogP contribution in [0.2, 0.25) is 0 Å². The number of aryl methyl sites for hydroxylation is 1. The Morgan fingerprint density at radius 3 is 2.71 bits per heavy atom. The number of hydrogen-bond acceptors (Lipinski definition) is 2. The van der Waals surface area contributed by atoms with Gasteiger partial charge in [-0.2, -0.15) is 0 Å². The van der Waals surface area contributed by atoms with Crippen molar-refractivity contribution >= 4 is 27.7 Å². The topological polar surface area (TPSA) is 72.2 Å². The van der Waals surface area contributed by atoms with Crippen LogP contribution in [0.25, 0.3) is 0 Å². The molecule has 0 heterocycles. The average Bonchev–Trinajstić information content (AvgIpc) is 2.20. The molecule has 0 bridgehead atoms. The van der Waals surface area contributed by atoms with E-state index < -0.39 is 5.91 Å². The van der Waals surface area contributed by atoms with Gasteiger partial charge in [-0.1, -0.05) is 22.0 Å². The lowest BCUT2D eigenvalue weighted by Gasteiger charge is -2.13. The molecule has 0 aliphatic carbocycles. The summed E-state index contributed by atoms with van der Waals surface area (Å²) in [7, 11) is 0. The molecule has 17 heavy (non-hydrogen) atoms. The summed E-state index contributed by atoms with van der Waals surface area (Å²) in [5.74, 6) is -0.624. The Morgan fingerprint density at radius 2 is 2.12 bits per heavy atom. The Bertz CT molecular complexity index is 446. The van der Waals surface area contributed by atoms with E-state index in [-0.39, 0.29) is 18.4 Å². The molecule has 4 nitrogen and oxygen atoms in total. The first kappa shape index (κ1) is 13.7. The van der Waals surface area contributed by atoms with Crippen LogP contribution in [0.3, 0.4) is 0 Å². The van der Waals surface area contributed by atoms with Crippen LogP contribution in [0.5, 0.6) is 0 Å².